The molecule has 1 fully saturated rings. The topological polar surface area (TPSA) is 81.0 Å². The molecule has 2 heterocycles. The van der Waals surface area contributed by atoms with Gasteiger partial charge in [-0.2, -0.15) is 0 Å². The maximum absolute atomic E-state index is 13.3. The predicted octanol–water partition coefficient (Wildman–Crippen LogP) is 5.33. The van der Waals surface area contributed by atoms with Gasteiger partial charge in [-0.1, -0.05) is 48.3 Å². The molecule has 3 aromatic rings. The van der Waals surface area contributed by atoms with Crippen LogP contribution in [0.1, 0.15) is 30.5 Å². The highest BCUT2D eigenvalue weighted by molar-refractivity contribution is 6.47. The molecule has 1 aromatic heterocycles. The molecule has 1 aliphatic heterocycles. The fourth-order valence-corrected chi connectivity index (χ4v) is 5.24. The number of aliphatic hydroxyl groups excluding tert-OH is 1. The van der Waals surface area contributed by atoms with Gasteiger partial charge in [0.2, 0.25) is 0 Å². The Kier molecular flexibility index (Phi) is 6.51. The fraction of sp³-hybridized carbons (Fsp3) is 0.280. The van der Waals surface area contributed by atoms with Gasteiger partial charge in [-0.15, -0.1) is 0 Å². The summed E-state index contributed by atoms with van der Waals surface area (Å²) in [7, 11) is 4.68. The molecule has 1 unspecified atom stereocenters. The summed E-state index contributed by atoms with van der Waals surface area (Å²) in [6.45, 7) is 2.27. The van der Waals surface area contributed by atoms with Crippen LogP contribution in [0.4, 0.5) is 0 Å². The van der Waals surface area contributed by atoms with E-state index in [2.05, 4.69) is 0 Å². The number of ketones is 1. The third kappa shape index (κ3) is 3.60. The number of aliphatic hydroxyl groups is 1. The molecule has 4 rings (SSSR count). The first-order valence-electron chi connectivity index (χ1n) is 10.7. The van der Waals surface area contributed by atoms with Crippen LogP contribution in [0.2, 0.25) is 10.0 Å². The van der Waals surface area contributed by atoms with E-state index in [0.717, 1.165) is 16.5 Å². The number of carbonyl (C=O) groups is 2. The van der Waals surface area contributed by atoms with Crippen LogP contribution in [-0.2, 0) is 16.6 Å². The highest BCUT2D eigenvalue weighted by Gasteiger charge is 2.47. The summed E-state index contributed by atoms with van der Waals surface area (Å²) >= 11 is 12.7. The quantitative estimate of drug-likeness (QED) is 0.279. The van der Waals surface area contributed by atoms with Gasteiger partial charge in [0.1, 0.15) is 10.8 Å². The molecular formula is C25H24Cl2N2O5. The first kappa shape index (κ1) is 24.0. The molecule has 0 spiro atoms. The summed E-state index contributed by atoms with van der Waals surface area (Å²) in [4.78, 5) is 27.8. The lowest BCUT2D eigenvalue weighted by Gasteiger charge is -2.24. The molecule has 7 nitrogen and oxygen atoms in total. The summed E-state index contributed by atoms with van der Waals surface area (Å²) in [6.07, 6.45) is 2.51. The first-order chi connectivity index (χ1) is 16.3. The number of Topliss-reactive ketones (excluding diaryl/α,β-unsaturated/α-hetero) is 1. The summed E-state index contributed by atoms with van der Waals surface area (Å²) in [5.41, 5.74) is 1.72. The normalized spacial score (nSPS) is 17.6. The zero-order chi connectivity index (χ0) is 24.7. The molecule has 1 N–H and O–H groups in total. The second-order valence-corrected chi connectivity index (χ2v) is 8.78. The minimum atomic E-state index is -0.796. The molecule has 34 heavy (non-hydrogen) atoms. The first-order valence-corrected chi connectivity index (χ1v) is 11.4. The molecular weight excluding hydrogens is 479 g/mol. The van der Waals surface area contributed by atoms with Crippen LogP contribution in [0, 0.1) is 0 Å². The number of likely N-dealkylation sites (tertiary alicyclic amines) is 1. The van der Waals surface area contributed by atoms with Crippen LogP contribution >= 0.6 is 23.2 Å². The van der Waals surface area contributed by atoms with E-state index in [1.165, 1.54) is 25.2 Å². The Morgan fingerprint density at radius 3 is 2.44 bits per heavy atom. The minimum Gasteiger partial charge on any atom is -0.507 e. The van der Waals surface area contributed by atoms with Gasteiger partial charge in [0.25, 0.3) is 11.7 Å². The minimum absolute atomic E-state index is 0.0450. The van der Waals surface area contributed by atoms with Gasteiger partial charge in [-0.05, 0) is 18.6 Å². The molecule has 0 radical (unpaired) electrons. The Bertz CT molecular complexity index is 1340. The molecule has 1 saturated heterocycles. The lowest BCUT2D eigenvalue weighted by Crippen LogP contribution is -2.30. The Morgan fingerprint density at radius 1 is 1.12 bits per heavy atom. The lowest BCUT2D eigenvalue weighted by atomic mass is 9.94. The lowest BCUT2D eigenvalue weighted by molar-refractivity contribution is -0.139. The summed E-state index contributed by atoms with van der Waals surface area (Å²) < 4.78 is 12.6. The number of rotatable bonds is 6. The molecule has 1 amide bonds. The maximum atomic E-state index is 13.3. The molecule has 2 aromatic carbocycles. The van der Waals surface area contributed by atoms with E-state index >= 15 is 0 Å². The monoisotopic (exact) mass is 502 g/mol. The number of carbonyl (C=O) groups excluding carboxylic acids is 2. The number of aromatic nitrogens is 1. The van der Waals surface area contributed by atoms with Crippen molar-refractivity contribution in [1.29, 1.82) is 0 Å². The standard InChI is InChI=1S/C25H24Cl2N2O5/c1-5-10-29-20(15-12-28(2)17-9-7-6-8-13(15)17)18(22(31)25(29)32)21(30)14-11-16(26)24(34-4)19(27)23(14)33-3/h6-9,11-12,20,30H,5,10H2,1-4H3/b21-18+. The van der Waals surface area contributed by atoms with Gasteiger partial charge < -0.3 is 24.0 Å². The van der Waals surface area contributed by atoms with Crippen LogP contribution in [-0.4, -0.2) is 47.0 Å². The Labute approximate surface area is 207 Å². The van der Waals surface area contributed by atoms with E-state index < -0.39 is 23.5 Å². The largest absolute Gasteiger partial charge is 0.507 e. The summed E-state index contributed by atoms with van der Waals surface area (Å²) in [6, 6.07) is 8.31. The number of para-hydroxylation sites is 1. The average Bonchev–Trinajstić information content (AvgIpc) is 3.28. The van der Waals surface area contributed by atoms with Crippen molar-refractivity contribution < 1.29 is 24.2 Å². The number of hydrogen-bond acceptors (Lipinski definition) is 5. The van der Waals surface area contributed by atoms with Gasteiger partial charge in [0.15, 0.2) is 11.5 Å². The third-order valence-corrected chi connectivity index (χ3v) is 6.65. The number of nitrogens with zero attached hydrogens (tertiary/aromatic N) is 2. The molecule has 1 atom stereocenters. The van der Waals surface area contributed by atoms with Crippen molar-refractivity contribution in [3.63, 3.8) is 0 Å². The van der Waals surface area contributed by atoms with Crippen molar-refractivity contribution in [3.05, 3.63) is 63.3 Å². The number of methoxy groups -OCH3 is 2. The third-order valence-electron chi connectivity index (χ3n) is 6.02. The number of aryl methyl sites for hydroxylation is 1. The number of amides is 1. The molecule has 9 heteroatoms. The predicted molar refractivity (Wildman–Crippen MR) is 132 cm³/mol. The van der Waals surface area contributed by atoms with E-state index in [4.69, 9.17) is 32.7 Å². The van der Waals surface area contributed by atoms with Crippen molar-refractivity contribution >= 4 is 51.6 Å². The van der Waals surface area contributed by atoms with Crippen molar-refractivity contribution in [1.82, 2.24) is 9.47 Å². The zero-order valence-electron chi connectivity index (χ0n) is 19.2. The smallest absolute Gasteiger partial charge is 0.295 e. The SMILES string of the molecule is CCCN1C(=O)C(=O)/C(=C(/O)c2cc(Cl)c(OC)c(Cl)c2OC)C1c1cn(C)c2ccccc12. The van der Waals surface area contributed by atoms with Crippen LogP contribution in [0.3, 0.4) is 0 Å². The van der Waals surface area contributed by atoms with E-state index in [-0.39, 0.29) is 32.7 Å². The average molecular weight is 503 g/mol. The van der Waals surface area contributed by atoms with Crippen LogP contribution < -0.4 is 9.47 Å². The van der Waals surface area contributed by atoms with Crippen molar-refractivity contribution in [2.24, 2.45) is 7.05 Å². The molecule has 0 aliphatic carbocycles. The van der Waals surface area contributed by atoms with Crippen LogP contribution in [0.25, 0.3) is 16.7 Å². The van der Waals surface area contributed by atoms with Crippen molar-refractivity contribution in [2.45, 2.75) is 19.4 Å². The van der Waals surface area contributed by atoms with Gasteiger partial charge in [-0.25, -0.2) is 0 Å². The maximum Gasteiger partial charge on any atom is 0.295 e. The van der Waals surface area contributed by atoms with E-state index in [0.29, 0.717) is 13.0 Å². The van der Waals surface area contributed by atoms with Crippen molar-refractivity contribution in [3.8, 4) is 11.5 Å². The Hall–Kier alpha value is -3.16. The summed E-state index contributed by atoms with van der Waals surface area (Å²) in [5.74, 6) is -1.62. The van der Waals surface area contributed by atoms with Gasteiger partial charge >= 0.3 is 0 Å². The highest BCUT2D eigenvalue weighted by atomic mass is 35.5. The molecule has 0 saturated carbocycles. The van der Waals surface area contributed by atoms with E-state index in [9.17, 15) is 14.7 Å². The molecule has 178 valence electrons. The summed E-state index contributed by atoms with van der Waals surface area (Å²) in [5, 5.41) is 12.5. The van der Waals surface area contributed by atoms with E-state index in [1.54, 1.807) is 0 Å². The number of benzene rings is 2. The van der Waals surface area contributed by atoms with Gasteiger partial charge in [-0.3, -0.25) is 9.59 Å². The van der Waals surface area contributed by atoms with Crippen molar-refractivity contribution in [2.75, 3.05) is 20.8 Å². The second-order valence-electron chi connectivity index (χ2n) is 7.99. The number of hydrogen-bond donors (Lipinski definition) is 1. The number of ether oxygens (including phenoxy) is 2. The number of fused-ring (bicyclic) bond motifs is 1. The molecule has 0 bridgehead atoms. The van der Waals surface area contributed by atoms with Crippen LogP contribution in [0.15, 0.2) is 42.1 Å². The fourth-order valence-electron chi connectivity index (χ4n) is 4.56. The van der Waals surface area contributed by atoms with Crippen LogP contribution in [0.5, 0.6) is 11.5 Å². The highest BCUT2D eigenvalue weighted by Crippen LogP contribution is 2.48. The Morgan fingerprint density at radius 2 is 1.79 bits per heavy atom. The molecule has 1 aliphatic rings. The second kappa shape index (κ2) is 9.24. The van der Waals surface area contributed by atoms with Gasteiger partial charge in [0.05, 0.1) is 36.4 Å². The van der Waals surface area contributed by atoms with E-state index in [1.807, 2.05) is 49.0 Å². The number of halogens is 2. The zero-order valence-corrected chi connectivity index (χ0v) is 20.7. The Balaban J connectivity index is 2.04. The van der Waals surface area contributed by atoms with Gasteiger partial charge in [0, 0.05) is 36.3 Å².